The summed E-state index contributed by atoms with van der Waals surface area (Å²) in [5, 5.41) is 9.55. The van der Waals surface area contributed by atoms with Crippen molar-refractivity contribution in [1.29, 1.82) is 0 Å². The van der Waals surface area contributed by atoms with Crippen molar-refractivity contribution >= 4 is 5.78 Å². The van der Waals surface area contributed by atoms with Crippen LogP contribution in [-0.4, -0.2) is 28.2 Å². The van der Waals surface area contributed by atoms with E-state index in [0.717, 1.165) is 12.8 Å². The molecule has 1 aliphatic heterocycles. The first-order chi connectivity index (χ1) is 8.17. The Hall–Kier alpha value is -0.930. The molecule has 1 fully saturated rings. The van der Waals surface area contributed by atoms with Gasteiger partial charge in [-0.1, -0.05) is 19.1 Å². The van der Waals surface area contributed by atoms with Crippen LogP contribution in [0.3, 0.4) is 0 Å². The van der Waals surface area contributed by atoms with Gasteiger partial charge >= 0.3 is 0 Å². The Balaban J connectivity index is 2.61. The molecule has 3 heteroatoms. The fourth-order valence-electron chi connectivity index (χ4n) is 2.02. The zero-order valence-corrected chi connectivity index (χ0v) is 11.8. The van der Waals surface area contributed by atoms with E-state index in [2.05, 4.69) is 6.58 Å². The van der Waals surface area contributed by atoms with Crippen LogP contribution >= 0.6 is 0 Å². The van der Waals surface area contributed by atoms with Crippen molar-refractivity contribution in [2.45, 2.75) is 57.8 Å². The third kappa shape index (κ3) is 4.07. The van der Waals surface area contributed by atoms with E-state index in [1.807, 2.05) is 13.8 Å². The molecule has 3 nitrogen and oxygen atoms in total. The quantitative estimate of drug-likeness (QED) is 0.604. The molecule has 1 aliphatic rings. The van der Waals surface area contributed by atoms with Crippen LogP contribution in [0.1, 0.15) is 40.5 Å². The predicted molar refractivity (Wildman–Crippen MR) is 72.3 cm³/mol. The summed E-state index contributed by atoms with van der Waals surface area (Å²) in [6.45, 7) is 10.9. The lowest BCUT2D eigenvalue weighted by Gasteiger charge is -2.23. The van der Waals surface area contributed by atoms with E-state index >= 15 is 0 Å². The topological polar surface area (TPSA) is 46.5 Å². The van der Waals surface area contributed by atoms with Crippen molar-refractivity contribution in [1.82, 2.24) is 0 Å². The fourth-order valence-corrected chi connectivity index (χ4v) is 2.02. The molecule has 0 saturated carbocycles. The number of rotatable bonds is 5. The van der Waals surface area contributed by atoms with E-state index < -0.39 is 5.60 Å². The van der Waals surface area contributed by atoms with Crippen LogP contribution in [0.4, 0.5) is 0 Å². The fraction of sp³-hybridized carbons (Fsp3) is 0.667. The van der Waals surface area contributed by atoms with Gasteiger partial charge in [-0.15, -0.1) is 6.58 Å². The van der Waals surface area contributed by atoms with Crippen LogP contribution in [0.2, 0.25) is 0 Å². The van der Waals surface area contributed by atoms with Crippen molar-refractivity contribution in [3.8, 4) is 0 Å². The van der Waals surface area contributed by atoms with Gasteiger partial charge in [0.15, 0.2) is 5.78 Å². The van der Waals surface area contributed by atoms with Crippen molar-refractivity contribution in [3.05, 3.63) is 24.8 Å². The summed E-state index contributed by atoms with van der Waals surface area (Å²) < 4.78 is 5.88. The molecule has 0 aromatic carbocycles. The van der Waals surface area contributed by atoms with Crippen molar-refractivity contribution < 1.29 is 14.6 Å². The maximum atomic E-state index is 12.0. The molecule has 0 bridgehead atoms. The van der Waals surface area contributed by atoms with Crippen LogP contribution in [0, 0.1) is 5.92 Å². The molecule has 0 radical (unpaired) electrons. The van der Waals surface area contributed by atoms with Gasteiger partial charge in [0.2, 0.25) is 0 Å². The minimum atomic E-state index is -0.957. The van der Waals surface area contributed by atoms with Crippen LogP contribution in [0.5, 0.6) is 0 Å². The lowest BCUT2D eigenvalue weighted by Crippen LogP contribution is -2.29. The number of hydrogen-bond acceptors (Lipinski definition) is 3. The second kappa shape index (κ2) is 5.37. The Kier molecular flexibility index (Phi) is 4.51. The SMILES string of the molecule is C=C[C@]1(C)CC[C@H]([C@H](C)C(=O)/C=C/C(C)(C)O)O1. The number of allylic oxidation sites excluding steroid dienone is 1. The van der Waals surface area contributed by atoms with Gasteiger partial charge in [-0.05, 0) is 39.7 Å². The summed E-state index contributed by atoms with van der Waals surface area (Å²) in [7, 11) is 0. The molecular weight excluding hydrogens is 228 g/mol. The molecule has 0 unspecified atom stereocenters. The molecule has 0 aliphatic carbocycles. The molecule has 0 amide bonds. The maximum absolute atomic E-state index is 12.0. The van der Waals surface area contributed by atoms with Crippen LogP contribution in [0.25, 0.3) is 0 Å². The average molecular weight is 252 g/mol. The van der Waals surface area contributed by atoms with E-state index in [0.29, 0.717) is 0 Å². The van der Waals surface area contributed by atoms with Gasteiger partial charge in [0.1, 0.15) is 0 Å². The number of carbonyl (C=O) groups is 1. The summed E-state index contributed by atoms with van der Waals surface area (Å²) >= 11 is 0. The van der Waals surface area contributed by atoms with Gasteiger partial charge in [-0.25, -0.2) is 0 Å². The summed E-state index contributed by atoms with van der Waals surface area (Å²) in [5.41, 5.74) is -1.26. The number of ketones is 1. The molecule has 1 heterocycles. The molecule has 18 heavy (non-hydrogen) atoms. The van der Waals surface area contributed by atoms with Gasteiger partial charge < -0.3 is 9.84 Å². The third-order valence-electron chi connectivity index (χ3n) is 3.44. The van der Waals surface area contributed by atoms with Gasteiger partial charge in [-0.2, -0.15) is 0 Å². The van der Waals surface area contributed by atoms with E-state index in [1.165, 1.54) is 12.2 Å². The molecule has 1 N–H and O–H groups in total. The van der Waals surface area contributed by atoms with Crippen molar-refractivity contribution in [2.24, 2.45) is 5.92 Å². The monoisotopic (exact) mass is 252 g/mol. The Morgan fingerprint density at radius 1 is 1.61 bits per heavy atom. The summed E-state index contributed by atoms with van der Waals surface area (Å²) in [6, 6.07) is 0. The molecule has 0 aromatic rings. The summed E-state index contributed by atoms with van der Waals surface area (Å²) in [6.07, 6.45) is 6.48. The molecule has 1 saturated heterocycles. The first-order valence-electron chi connectivity index (χ1n) is 6.44. The van der Waals surface area contributed by atoms with Gasteiger partial charge in [0.25, 0.3) is 0 Å². The summed E-state index contributed by atoms with van der Waals surface area (Å²) in [5.74, 6) is -0.194. The Labute approximate surface area is 110 Å². The smallest absolute Gasteiger partial charge is 0.160 e. The Morgan fingerprint density at radius 2 is 2.22 bits per heavy atom. The van der Waals surface area contributed by atoms with E-state index in [-0.39, 0.29) is 23.4 Å². The molecule has 1 rings (SSSR count). The second-order valence-corrected chi connectivity index (χ2v) is 5.89. The number of carbonyl (C=O) groups excluding carboxylic acids is 1. The van der Waals surface area contributed by atoms with Crippen LogP contribution in [0.15, 0.2) is 24.8 Å². The second-order valence-electron chi connectivity index (χ2n) is 5.89. The first-order valence-corrected chi connectivity index (χ1v) is 6.44. The van der Waals surface area contributed by atoms with Crippen LogP contribution in [-0.2, 0) is 9.53 Å². The van der Waals surface area contributed by atoms with Gasteiger partial charge in [0, 0.05) is 5.92 Å². The molecule has 3 atom stereocenters. The maximum Gasteiger partial charge on any atom is 0.160 e. The lowest BCUT2D eigenvalue weighted by atomic mass is 9.94. The zero-order chi connectivity index (χ0) is 14.0. The molecule has 0 spiro atoms. The minimum Gasteiger partial charge on any atom is -0.386 e. The standard InChI is InChI=1S/C15H24O3/c1-6-15(5)10-8-13(18-15)11(2)12(16)7-9-14(3,4)17/h6-7,9,11,13,17H,1,8,10H2,2-5H3/b9-7+/t11-,13-,15-/m1/s1. The van der Waals surface area contributed by atoms with Gasteiger partial charge in [0.05, 0.1) is 17.3 Å². The Bertz CT molecular complexity index is 351. The molecule has 0 aromatic heterocycles. The molecular formula is C15H24O3. The normalized spacial score (nSPS) is 30.6. The average Bonchev–Trinajstić information content (AvgIpc) is 2.67. The van der Waals surface area contributed by atoms with E-state index in [9.17, 15) is 9.90 Å². The zero-order valence-electron chi connectivity index (χ0n) is 11.8. The highest BCUT2D eigenvalue weighted by molar-refractivity contribution is 5.92. The largest absolute Gasteiger partial charge is 0.386 e. The third-order valence-corrected chi connectivity index (χ3v) is 3.44. The van der Waals surface area contributed by atoms with Crippen molar-refractivity contribution in [2.75, 3.05) is 0 Å². The van der Waals surface area contributed by atoms with Crippen molar-refractivity contribution in [3.63, 3.8) is 0 Å². The number of aliphatic hydroxyl groups is 1. The molecule has 102 valence electrons. The van der Waals surface area contributed by atoms with E-state index in [1.54, 1.807) is 19.9 Å². The van der Waals surface area contributed by atoms with E-state index in [4.69, 9.17) is 4.74 Å². The lowest BCUT2D eigenvalue weighted by molar-refractivity contribution is -0.123. The van der Waals surface area contributed by atoms with Gasteiger partial charge in [-0.3, -0.25) is 4.79 Å². The number of ether oxygens (including phenoxy) is 1. The highest BCUT2D eigenvalue weighted by atomic mass is 16.5. The number of hydrogen-bond donors (Lipinski definition) is 1. The highest BCUT2D eigenvalue weighted by Gasteiger charge is 2.37. The first kappa shape index (κ1) is 15.1. The predicted octanol–water partition coefficient (Wildman–Crippen LogP) is 2.64. The highest BCUT2D eigenvalue weighted by Crippen LogP contribution is 2.34. The Morgan fingerprint density at radius 3 is 2.67 bits per heavy atom. The van der Waals surface area contributed by atoms with Crippen LogP contribution < -0.4 is 0 Å². The minimum absolute atomic E-state index is 0.00422. The summed E-state index contributed by atoms with van der Waals surface area (Å²) in [4.78, 5) is 12.0.